The maximum Gasteiger partial charge on any atom is 0.189 e. The number of hydrogen-bond donors (Lipinski definition) is 3. The molecular formula is C12H15N5O2. The van der Waals surface area contributed by atoms with Gasteiger partial charge in [0, 0.05) is 25.4 Å². The van der Waals surface area contributed by atoms with Gasteiger partial charge in [0.2, 0.25) is 0 Å². The third kappa shape index (κ3) is 3.29. The molecule has 0 atom stereocenters. The quantitative estimate of drug-likeness (QED) is 0.317. The van der Waals surface area contributed by atoms with Crippen molar-refractivity contribution >= 4 is 5.84 Å². The lowest BCUT2D eigenvalue weighted by Crippen LogP contribution is -2.21. The number of rotatable bonds is 5. The molecule has 0 aliphatic rings. The molecule has 0 aromatic carbocycles. The average Bonchev–Trinajstić information content (AvgIpc) is 2.84. The summed E-state index contributed by atoms with van der Waals surface area (Å²) in [5.41, 5.74) is 7.70. The van der Waals surface area contributed by atoms with Crippen LogP contribution in [-0.4, -0.2) is 21.2 Å². The van der Waals surface area contributed by atoms with E-state index in [2.05, 4.69) is 20.6 Å². The molecule has 0 aliphatic heterocycles. The van der Waals surface area contributed by atoms with Gasteiger partial charge >= 0.3 is 0 Å². The number of hydrogen-bond acceptors (Lipinski definition) is 6. The fourth-order valence-corrected chi connectivity index (χ4v) is 1.69. The summed E-state index contributed by atoms with van der Waals surface area (Å²) < 4.78 is 4.97. The van der Waals surface area contributed by atoms with E-state index in [9.17, 15) is 0 Å². The Balaban J connectivity index is 2.00. The molecule has 0 spiro atoms. The number of aromatic nitrogens is 2. The van der Waals surface area contributed by atoms with Crippen molar-refractivity contribution < 1.29 is 9.73 Å². The van der Waals surface area contributed by atoms with Gasteiger partial charge in [-0.3, -0.25) is 4.98 Å². The summed E-state index contributed by atoms with van der Waals surface area (Å²) in [7, 11) is 0. The van der Waals surface area contributed by atoms with Gasteiger partial charge in [-0.25, -0.2) is 0 Å². The molecule has 0 unspecified atom stereocenters. The van der Waals surface area contributed by atoms with E-state index in [-0.39, 0.29) is 5.84 Å². The Hall–Kier alpha value is -2.41. The lowest BCUT2D eigenvalue weighted by Gasteiger charge is -2.07. The molecule has 2 rings (SSSR count). The Kier molecular flexibility index (Phi) is 4.09. The fraction of sp³-hybridized carbons (Fsp3) is 0.250. The SMILES string of the molecule is Cc1cc(CNCc2cccnc2C(N)=NO)no1. The van der Waals surface area contributed by atoms with E-state index in [1.165, 1.54) is 0 Å². The van der Waals surface area contributed by atoms with E-state index >= 15 is 0 Å². The highest BCUT2D eigenvalue weighted by Gasteiger charge is 2.08. The summed E-state index contributed by atoms with van der Waals surface area (Å²) in [6.45, 7) is 2.95. The van der Waals surface area contributed by atoms with Gasteiger partial charge in [-0.2, -0.15) is 0 Å². The number of nitrogens with zero attached hydrogens (tertiary/aromatic N) is 3. The van der Waals surface area contributed by atoms with Crippen LogP contribution in [0.25, 0.3) is 0 Å². The number of nitrogens with one attached hydrogen (secondary N) is 1. The third-order valence-electron chi connectivity index (χ3n) is 2.54. The van der Waals surface area contributed by atoms with Crippen LogP contribution in [-0.2, 0) is 13.1 Å². The Bertz CT molecular complexity index is 579. The maximum atomic E-state index is 8.70. The molecule has 2 aromatic heterocycles. The molecule has 4 N–H and O–H groups in total. The molecule has 0 bridgehead atoms. The molecule has 7 heteroatoms. The van der Waals surface area contributed by atoms with Crippen molar-refractivity contribution in [2.24, 2.45) is 10.9 Å². The minimum atomic E-state index is -0.00493. The highest BCUT2D eigenvalue weighted by atomic mass is 16.5. The lowest BCUT2D eigenvalue weighted by atomic mass is 10.2. The first-order chi connectivity index (χ1) is 9.20. The second kappa shape index (κ2) is 5.96. The van der Waals surface area contributed by atoms with Crippen LogP contribution in [0.2, 0.25) is 0 Å². The number of oxime groups is 1. The normalized spacial score (nSPS) is 11.7. The lowest BCUT2D eigenvalue weighted by molar-refractivity contribution is 0.318. The Morgan fingerprint density at radius 2 is 2.37 bits per heavy atom. The van der Waals surface area contributed by atoms with Crippen molar-refractivity contribution in [2.75, 3.05) is 0 Å². The Labute approximate surface area is 110 Å². The van der Waals surface area contributed by atoms with E-state index in [1.807, 2.05) is 19.1 Å². The Morgan fingerprint density at radius 3 is 3.05 bits per heavy atom. The van der Waals surface area contributed by atoms with Gasteiger partial charge in [0.15, 0.2) is 5.84 Å². The summed E-state index contributed by atoms with van der Waals surface area (Å²) >= 11 is 0. The van der Waals surface area contributed by atoms with Crippen molar-refractivity contribution in [3.05, 3.63) is 47.1 Å². The standard InChI is InChI=1S/C12H15N5O2/c1-8-5-10(17-19-8)7-14-6-9-3-2-4-15-11(9)12(13)16-18/h2-5,14,18H,6-7H2,1H3,(H2,13,16). The minimum absolute atomic E-state index is 0.00493. The maximum absolute atomic E-state index is 8.70. The van der Waals surface area contributed by atoms with Crippen LogP contribution in [0.4, 0.5) is 0 Å². The molecule has 0 fully saturated rings. The summed E-state index contributed by atoms with van der Waals surface area (Å²) in [4.78, 5) is 4.09. The average molecular weight is 261 g/mol. The van der Waals surface area contributed by atoms with E-state index in [0.717, 1.165) is 17.0 Å². The van der Waals surface area contributed by atoms with Gasteiger partial charge in [-0.15, -0.1) is 0 Å². The van der Waals surface area contributed by atoms with Crippen LogP contribution in [0.1, 0.15) is 22.7 Å². The van der Waals surface area contributed by atoms with Gasteiger partial charge in [-0.05, 0) is 18.6 Å². The minimum Gasteiger partial charge on any atom is -0.409 e. The Morgan fingerprint density at radius 1 is 1.53 bits per heavy atom. The molecule has 100 valence electrons. The first-order valence-electron chi connectivity index (χ1n) is 5.75. The number of amidine groups is 1. The van der Waals surface area contributed by atoms with Crippen LogP contribution in [0.3, 0.4) is 0 Å². The fourth-order valence-electron chi connectivity index (χ4n) is 1.69. The van der Waals surface area contributed by atoms with Gasteiger partial charge in [0.25, 0.3) is 0 Å². The van der Waals surface area contributed by atoms with Crippen LogP contribution in [0.15, 0.2) is 34.1 Å². The first kappa shape index (κ1) is 13.0. The van der Waals surface area contributed by atoms with Crippen molar-refractivity contribution in [1.29, 1.82) is 0 Å². The molecule has 0 saturated carbocycles. The van der Waals surface area contributed by atoms with E-state index < -0.39 is 0 Å². The van der Waals surface area contributed by atoms with Crippen molar-refractivity contribution in [3.63, 3.8) is 0 Å². The summed E-state index contributed by atoms with van der Waals surface area (Å²) in [5.74, 6) is 0.769. The monoisotopic (exact) mass is 261 g/mol. The summed E-state index contributed by atoms with van der Waals surface area (Å²) in [5, 5.41) is 18.7. The van der Waals surface area contributed by atoms with Crippen LogP contribution in [0, 0.1) is 6.92 Å². The van der Waals surface area contributed by atoms with Gasteiger partial charge < -0.3 is 20.8 Å². The highest BCUT2D eigenvalue weighted by Crippen LogP contribution is 2.06. The molecule has 2 heterocycles. The second-order valence-corrected chi connectivity index (χ2v) is 4.03. The number of pyridine rings is 1. The molecule has 0 amide bonds. The molecule has 2 aromatic rings. The molecule has 19 heavy (non-hydrogen) atoms. The van der Waals surface area contributed by atoms with E-state index in [1.54, 1.807) is 12.3 Å². The van der Waals surface area contributed by atoms with Crippen LogP contribution >= 0.6 is 0 Å². The molecule has 7 nitrogen and oxygen atoms in total. The van der Waals surface area contributed by atoms with Gasteiger partial charge in [0.05, 0.1) is 5.69 Å². The summed E-state index contributed by atoms with van der Waals surface area (Å²) in [6, 6.07) is 5.52. The molecule has 0 saturated heterocycles. The van der Waals surface area contributed by atoms with Crippen molar-refractivity contribution in [1.82, 2.24) is 15.5 Å². The summed E-state index contributed by atoms with van der Waals surface area (Å²) in [6.07, 6.45) is 1.60. The van der Waals surface area contributed by atoms with Crippen molar-refractivity contribution in [3.8, 4) is 0 Å². The van der Waals surface area contributed by atoms with Crippen molar-refractivity contribution in [2.45, 2.75) is 20.0 Å². The zero-order chi connectivity index (χ0) is 13.7. The largest absolute Gasteiger partial charge is 0.409 e. The van der Waals surface area contributed by atoms with Crippen LogP contribution in [0.5, 0.6) is 0 Å². The zero-order valence-corrected chi connectivity index (χ0v) is 10.5. The van der Waals surface area contributed by atoms with Gasteiger partial charge in [0.1, 0.15) is 11.5 Å². The smallest absolute Gasteiger partial charge is 0.189 e. The van der Waals surface area contributed by atoms with E-state index in [4.69, 9.17) is 15.5 Å². The molecular weight excluding hydrogens is 246 g/mol. The number of aryl methyl sites for hydroxylation is 1. The van der Waals surface area contributed by atoms with Crippen LogP contribution < -0.4 is 11.1 Å². The predicted octanol–water partition coefficient (Wildman–Crippen LogP) is 0.762. The highest BCUT2D eigenvalue weighted by molar-refractivity contribution is 5.96. The number of nitrogens with two attached hydrogens (primary N) is 1. The molecule has 0 radical (unpaired) electrons. The first-order valence-corrected chi connectivity index (χ1v) is 5.75. The topological polar surface area (TPSA) is 110 Å². The second-order valence-electron chi connectivity index (χ2n) is 4.03. The zero-order valence-electron chi connectivity index (χ0n) is 10.5. The van der Waals surface area contributed by atoms with E-state index in [0.29, 0.717) is 18.8 Å². The molecule has 0 aliphatic carbocycles. The predicted molar refractivity (Wildman–Crippen MR) is 68.5 cm³/mol. The third-order valence-corrected chi connectivity index (χ3v) is 2.54. The van der Waals surface area contributed by atoms with Gasteiger partial charge in [-0.1, -0.05) is 16.4 Å².